The van der Waals surface area contributed by atoms with Crippen LogP contribution < -0.4 is 15.4 Å². The maximum Gasteiger partial charge on any atom is 0.261 e. The van der Waals surface area contributed by atoms with Gasteiger partial charge < -0.3 is 9.80 Å². The third kappa shape index (κ3) is 4.79. The number of halogens is 2. The van der Waals surface area contributed by atoms with Crippen molar-refractivity contribution < 1.29 is 8.78 Å². The van der Waals surface area contributed by atoms with Gasteiger partial charge in [-0.3, -0.25) is 14.3 Å². The van der Waals surface area contributed by atoms with Gasteiger partial charge in [-0.25, -0.2) is 23.7 Å². The Kier molecular flexibility index (Phi) is 6.08. The molecule has 0 aliphatic carbocycles. The first-order valence-corrected chi connectivity index (χ1v) is 10.1. The molecular weight excluding hydrogens is 404 g/mol. The van der Waals surface area contributed by atoms with Gasteiger partial charge in [0, 0.05) is 70.5 Å². The fourth-order valence-corrected chi connectivity index (χ4v) is 3.71. The molecule has 8 nitrogen and oxygen atoms in total. The Morgan fingerprint density at radius 3 is 2.42 bits per heavy atom. The highest BCUT2D eigenvalue weighted by Crippen LogP contribution is 2.21. The minimum Gasteiger partial charge on any atom is -0.369 e. The van der Waals surface area contributed by atoms with Gasteiger partial charge in [0.05, 0.1) is 23.8 Å². The van der Waals surface area contributed by atoms with Crippen LogP contribution in [0.1, 0.15) is 5.56 Å². The minimum atomic E-state index is -2.59. The Hall–Kier alpha value is -3.14. The third-order valence-electron chi connectivity index (χ3n) is 5.38. The zero-order valence-electron chi connectivity index (χ0n) is 17.6. The van der Waals surface area contributed by atoms with Crippen molar-refractivity contribution in [3.8, 4) is 0 Å². The summed E-state index contributed by atoms with van der Waals surface area (Å²) in [7, 11) is 3.82. The molecule has 1 aliphatic rings. The fourth-order valence-electron chi connectivity index (χ4n) is 3.71. The highest BCUT2D eigenvalue weighted by atomic mass is 19.3. The van der Waals surface area contributed by atoms with Crippen molar-refractivity contribution in [1.29, 1.82) is 0 Å². The van der Waals surface area contributed by atoms with Crippen molar-refractivity contribution in [2.24, 2.45) is 0 Å². The number of rotatable bonds is 6. The molecule has 0 saturated carbocycles. The van der Waals surface area contributed by atoms with Crippen LogP contribution in [0.25, 0.3) is 10.9 Å². The van der Waals surface area contributed by atoms with Crippen molar-refractivity contribution >= 4 is 22.5 Å². The van der Waals surface area contributed by atoms with E-state index in [0.29, 0.717) is 16.9 Å². The van der Waals surface area contributed by atoms with E-state index in [1.807, 2.05) is 43.5 Å². The Morgan fingerprint density at radius 1 is 1.06 bits per heavy atom. The lowest BCUT2D eigenvalue weighted by Gasteiger charge is -2.36. The summed E-state index contributed by atoms with van der Waals surface area (Å²) in [6, 6.07) is 5.40. The van der Waals surface area contributed by atoms with Crippen LogP contribution in [0.15, 0.2) is 41.7 Å². The van der Waals surface area contributed by atoms with Gasteiger partial charge in [-0.15, -0.1) is 0 Å². The van der Waals surface area contributed by atoms with E-state index >= 15 is 0 Å². The van der Waals surface area contributed by atoms with Crippen LogP contribution in [0.2, 0.25) is 0 Å². The fraction of sp³-hybridized carbons (Fsp3) is 0.429. The van der Waals surface area contributed by atoms with Crippen molar-refractivity contribution in [3.63, 3.8) is 0 Å². The molecule has 3 aromatic rings. The number of hydrogen-bond acceptors (Lipinski definition) is 7. The lowest BCUT2D eigenvalue weighted by molar-refractivity contribution is 0.125. The Bertz CT molecular complexity index is 1090. The van der Waals surface area contributed by atoms with Crippen LogP contribution in [-0.2, 0) is 13.1 Å². The molecule has 0 unspecified atom stereocenters. The highest BCUT2D eigenvalue weighted by Gasteiger charge is 2.19. The smallest absolute Gasteiger partial charge is 0.261 e. The number of aromatic nitrogens is 4. The summed E-state index contributed by atoms with van der Waals surface area (Å²) in [6.07, 6.45) is 2.34. The average molecular weight is 429 g/mol. The van der Waals surface area contributed by atoms with E-state index in [9.17, 15) is 13.6 Å². The Labute approximate surface area is 178 Å². The predicted molar refractivity (Wildman–Crippen MR) is 116 cm³/mol. The summed E-state index contributed by atoms with van der Waals surface area (Å²) < 4.78 is 26.2. The predicted octanol–water partition coefficient (Wildman–Crippen LogP) is 1.84. The van der Waals surface area contributed by atoms with Crippen LogP contribution in [0.5, 0.6) is 0 Å². The molecule has 164 valence electrons. The summed E-state index contributed by atoms with van der Waals surface area (Å²) in [5, 5.41) is 0.353. The van der Waals surface area contributed by atoms with Crippen molar-refractivity contribution in [2.45, 2.75) is 19.5 Å². The summed E-state index contributed by atoms with van der Waals surface area (Å²) in [6.45, 7) is 3.60. The van der Waals surface area contributed by atoms with Crippen LogP contribution in [-0.4, -0.2) is 71.1 Å². The van der Waals surface area contributed by atoms with Crippen LogP contribution >= 0.6 is 0 Å². The van der Waals surface area contributed by atoms with Gasteiger partial charge in [0.15, 0.2) is 0 Å². The molecule has 1 fully saturated rings. The van der Waals surface area contributed by atoms with Crippen LogP contribution in [0.4, 0.5) is 20.4 Å². The molecule has 0 bridgehead atoms. The second-order valence-electron chi connectivity index (χ2n) is 7.84. The molecule has 1 aromatic carbocycles. The first kappa shape index (κ1) is 21.1. The van der Waals surface area contributed by atoms with Gasteiger partial charge >= 0.3 is 0 Å². The van der Waals surface area contributed by atoms with E-state index < -0.39 is 18.5 Å². The third-order valence-corrected chi connectivity index (χ3v) is 5.38. The molecule has 31 heavy (non-hydrogen) atoms. The molecular formula is C21H25F2N7O. The quantitative estimate of drug-likeness (QED) is 0.592. The number of fused-ring (bicyclic) bond motifs is 1. The SMILES string of the molecule is CN(C)c1ncc(CN2CCN(c3ccc4c(=O)n(CC(F)F)cnc4c3)CC2)cn1. The van der Waals surface area contributed by atoms with Gasteiger partial charge in [0.2, 0.25) is 5.95 Å². The summed E-state index contributed by atoms with van der Waals surface area (Å²) in [5.41, 5.74) is 2.14. The van der Waals surface area contributed by atoms with E-state index in [0.717, 1.165) is 48.5 Å². The maximum atomic E-state index is 12.6. The first-order valence-electron chi connectivity index (χ1n) is 10.1. The topological polar surface area (TPSA) is 70.4 Å². The molecule has 1 aliphatic heterocycles. The second-order valence-corrected chi connectivity index (χ2v) is 7.84. The molecule has 0 spiro atoms. The Balaban J connectivity index is 1.40. The van der Waals surface area contributed by atoms with E-state index in [1.165, 1.54) is 6.33 Å². The summed E-state index contributed by atoms with van der Waals surface area (Å²) >= 11 is 0. The van der Waals surface area contributed by atoms with Gasteiger partial charge in [0.1, 0.15) is 0 Å². The number of hydrogen-bond donors (Lipinski definition) is 0. The van der Waals surface area contributed by atoms with Gasteiger partial charge in [-0.1, -0.05) is 0 Å². The molecule has 1 saturated heterocycles. The van der Waals surface area contributed by atoms with E-state index in [-0.39, 0.29) is 0 Å². The van der Waals surface area contributed by atoms with E-state index in [4.69, 9.17) is 0 Å². The number of piperazine rings is 1. The van der Waals surface area contributed by atoms with Gasteiger partial charge in [0.25, 0.3) is 12.0 Å². The number of alkyl halides is 2. The molecule has 0 radical (unpaired) electrons. The average Bonchev–Trinajstić information content (AvgIpc) is 2.76. The monoisotopic (exact) mass is 429 g/mol. The molecule has 0 atom stereocenters. The zero-order valence-corrected chi connectivity index (χ0v) is 17.6. The van der Waals surface area contributed by atoms with Crippen molar-refractivity contribution in [2.75, 3.05) is 50.1 Å². The standard InChI is InChI=1S/C21H25F2N7O/c1-27(2)21-24-10-15(11-25-21)12-28-5-7-29(8-6-28)16-3-4-17-18(9-16)26-14-30(20(17)31)13-19(22)23/h3-4,9-11,14,19H,5-8,12-13H2,1-2H3. The van der Waals surface area contributed by atoms with E-state index in [1.54, 1.807) is 6.07 Å². The number of anilines is 2. The molecule has 0 N–H and O–H groups in total. The number of benzene rings is 1. The largest absolute Gasteiger partial charge is 0.369 e. The van der Waals surface area contributed by atoms with Gasteiger partial charge in [-0.05, 0) is 18.2 Å². The molecule has 3 heterocycles. The van der Waals surface area contributed by atoms with Crippen molar-refractivity contribution in [1.82, 2.24) is 24.4 Å². The lowest BCUT2D eigenvalue weighted by Crippen LogP contribution is -2.46. The molecule has 0 amide bonds. The summed E-state index contributed by atoms with van der Waals surface area (Å²) in [4.78, 5) is 31.8. The molecule has 10 heteroatoms. The minimum absolute atomic E-state index is 0.353. The second kappa shape index (κ2) is 8.93. The molecule has 2 aromatic heterocycles. The van der Waals surface area contributed by atoms with Gasteiger partial charge in [-0.2, -0.15) is 0 Å². The Morgan fingerprint density at radius 2 is 1.77 bits per heavy atom. The highest BCUT2D eigenvalue weighted by molar-refractivity contribution is 5.81. The van der Waals surface area contributed by atoms with Crippen LogP contribution in [0, 0.1) is 0 Å². The molecule has 4 rings (SSSR count). The van der Waals surface area contributed by atoms with Crippen LogP contribution in [0.3, 0.4) is 0 Å². The van der Waals surface area contributed by atoms with Crippen molar-refractivity contribution in [3.05, 3.63) is 52.8 Å². The lowest BCUT2D eigenvalue weighted by atomic mass is 10.2. The zero-order chi connectivity index (χ0) is 22.0. The van der Waals surface area contributed by atoms with E-state index in [2.05, 4.69) is 24.8 Å². The maximum absolute atomic E-state index is 12.6. The first-order chi connectivity index (χ1) is 14.9. The number of nitrogens with zero attached hydrogens (tertiary/aromatic N) is 7. The summed E-state index contributed by atoms with van der Waals surface area (Å²) in [5.74, 6) is 0.694. The normalized spacial score (nSPS) is 15.1.